The smallest absolute Gasteiger partial charge is 0.262 e. The van der Waals surface area contributed by atoms with E-state index in [1.54, 1.807) is 23.6 Å². The lowest BCUT2D eigenvalue weighted by Crippen LogP contribution is -2.43. The molecule has 1 N–H and O–H groups in total. The van der Waals surface area contributed by atoms with Crippen molar-refractivity contribution in [2.75, 3.05) is 18.4 Å². The first-order valence-corrected chi connectivity index (χ1v) is 10.7. The summed E-state index contributed by atoms with van der Waals surface area (Å²) in [6.07, 6.45) is 4.16. The zero-order valence-corrected chi connectivity index (χ0v) is 17.0. The van der Waals surface area contributed by atoms with Gasteiger partial charge in [-0.1, -0.05) is 6.07 Å². The quantitative estimate of drug-likeness (QED) is 0.824. The van der Waals surface area contributed by atoms with Crippen molar-refractivity contribution in [1.82, 2.24) is 13.9 Å². The number of amides is 1. The second kappa shape index (κ2) is 8.00. The molecule has 1 aromatic heterocycles. The summed E-state index contributed by atoms with van der Waals surface area (Å²) < 4.78 is 42.5. The van der Waals surface area contributed by atoms with Gasteiger partial charge >= 0.3 is 0 Å². The Morgan fingerprint density at radius 3 is 2.75 bits per heavy atom. The van der Waals surface area contributed by atoms with Crippen LogP contribution in [-0.2, 0) is 14.8 Å². The Balaban J connectivity index is 1.71. The number of nitrogens with zero attached hydrogens (tertiary/aromatic N) is 3. The highest BCUT2D eigenvalue weighted by Gasteiger charge is 2.34. The van der Waals surface area contributed by atoms with Crippen molar-refractivity contribution in [3.8, 4) is 0 Å². The summed E-state index contributed by atoms with van der Waals surface area (Å²) in [4.78, 5) is 16.6. The number of benzene rings is 1. The largest absolute Gasteiger partial charge is 0.334 e. The fourth-order valence-corrected chi connectivity index (χ4v) is 4.60. The Morgan fingerprint density at radius 2 is 2.11 bits per heavy atom. The third kappa shape index (κ3) is 4.25. The van der Waals surface area contributed by atoms with Gasteiger partial charge in [0.2, 0.25) is 5.91 Å². The lowest BCUT2D eigenvalue weighted by atomic mass is 9.98. The zero-order valence-electron chi connectivity index (χ0n) is 16.2. The number of aryl methyl sites for hydroxylation is 1. The molecule has 1 aliphatic rings. The van der Waals surface area contributed by atoms with Crippen molar-refractivity contribution in [2.24, 2.45) is 5.92 Å². The van der Waals surface area contributed by atoms with E-state index in [0.29, 0.717) is 30.6 Å². The van der Waals surface area contributed by atoms with Crippen LogP contribution >= 0.6 is 0 Å². The molecule has 1 aromatic carbocycles. The van der Waals surface area contributed by atoms with Crippen molar-refractivity contribution in [2.45, 2.75) is 44.7 Å². The Labute approximate surface area is 164 Å². The highest BCUT2D eigenvalue weighted by Crippen LogP contribution is 2.25. The predicted molar refractivity (Wildman–Crippen MR) is 104 cm³/mol. The third-order valence-electron chi connectivity index (χ3n) is 4.97. The summed E-state index contributed by atoms with van der Waals surface area (Å²) in [5, 5.41) is 2.68. The van der Waals surface area contributed by atoms with Crippen LogP contribution in [0.15, 0.2) is 35.7 Å². The number of carbonyl (C=O) groups excluding carboxylic acids is 1. The molecule has 9 heteroatoms. The lowest BCUT2D eigenvalue weighted by Gasteiger charge is -2.30. The van der Waals surface area contributed by atoms with Crippen LogP contribution in [0.3, 0.4) is 0 Å². The molecular formula is C19H25FN4O3S. The molecule has 7 nitrogen and oxygen atoms in total. The Morgan fingerprint density at radius 1 is 1.36 bits per heavy atom. The Bertz CT molecular complexity index is 971. The normalized spacial score (nSPS) is 18.4. The van der Waals surface area contributed by atoms with Crippen LogP contribution in [0, 0.1) is 18.7 Å². The minimum atomic E-state index is -3.76. The molecule has 1 fully saturated rings. The van der Waals surface area contributed by atoms with Gasteiger partial charge in [-0.3, -0.25) is 4.79 Å². The topological polar surface area (TPSA) is 84.3 Å². The van der Waals surface area contributed by atoms with Gasteiger partial charge in [-0.25, -0.2) is 17.8 Å². The zero-order chi connectivity index (χ0) is 20.5. The second-order valence-electron chi connectivity index (χ2n) is 7.41. The van der Waals surface area contributed by atoms with Gasteiger partial charge in [0, 0.05) is 31.0 Å². The van der Waals surface area contributed by atoms with E-state index in [1.807, 2.05) is 13.8 Å². The van der Waals surface area contributed by atoms with Crippen molar-refractivity contribution >= 4 is 21.6 Å². The van der Waals surface area contributed by atoms with Crippen LogP contribution in [-0.4, -0.2) is 41.3 Å². The van der Waals surface area contributed by atoms with Crippen LogP contribution in [0.5, 0.6) is 0 Å². The predicted octanol–water partition coefficient (Wildman–Crippen LogP) is 2.95. The maximum atomic E-state index is 13.7. The first kappa shape index (κ1) is 20.5. The van der Waals surface area contributed by atoms with Gasteiger partial charge in [0.25, 0.3) is 10.0 Å². The van der Waals surface area contributed by atoms with E-state index >= 15 is 0 Å². The number of anilines is 1. The first-order chi connectivity index (χ1) is 13.2. The molecule has 2 heterocycles. The van der Waals surface area contributed by atoms with Gasteiger partial charge in [0.15, 0.2) is 5.03 Å². The fourth-order valence-electron chi connectivity index (χ4n) is 3.16. The van der Waals surface area contributed by atoms with E-state index in [4.69, 9.17) is 0 Å². The summed E-state index contributed by atoms with van der Waals surface area (Å²) in [6.45, 7) is 5.95. The molecule has 0 aliphatic carbocycles. The summed E-state index contributed by atoms with van der Waals surface area (Å²) in [6, 6.07) is 4.59. The van der Waals surface area contributed by atoms with Gasteiger partial charge in [-0.05, 0) is 51.3 Å². The number of hydrogen-bond acceptors (Lipinski definition) is 4. The number of aromatic nitrogens is 2. The van der Waals surface area contributed by atoms with Gasteiger partial charge < -0.3 is 9.88 Å². The summed E-state index contributed by atoms with van der Waals surface area (Å²) in [5.74, 6) is -1.21. The molecule has 3 rings (SSSR count). The molecule has 1 saturated heterocycles. The average molecular weight is 408 g/mol. The number of sulfonamides is 1. The van der Waals surface area contributed by atoms with E-state index in [1.165, 1.54) is 22.9 Å². The van der Waals surface area contributed by atoms with Crippen molar-refractivity contribution in [1.29, 1.82) is 0 Å². The summed E-state index contributed by atoms with van der Waals surface area (Å²) in [7, 11) is -3.76. The lowest BCUT2D eigenvalue weighted by molar-refractivity contribution is -0.120. The summed E-state index contributed by atoms with van der Waals surface area (Å²) >= 11 is 0. The van der Waals surface area contributed by atoms with E-state index in [0.717, 1.165) is 0 Å². The number of piperidine rings is 1. The van der Waals surface area contributed by atoms with Gasteiger partial charge in [0.05, 0.1) is 12.2 Å². The number of nitrogens with one attached hydrogen (secondary N) is 1. The monoisotopic (exact) mass is 408 g/mol. The standard InChI is InChI=1S/C19H25FN4O3S/c1-13(2)23-11-18(21-12-23)28(26,27)24-8-4-5-15(10-24)19(25)22-16-7-6-14(3)17(20)9-16/h6-7,9,11-13,15H,4-5,8,10H2,1-3H3,(H,22,25). The van der Waals surface area contributed by atoms with Crippen molar-refractivity contribution in [3.63, 3.8) is 0 Å². The minimum absolute atomic E-state index is 0.0112. The maximum absolute atomic E-state index is 13.7. The third-order valence-corrected chi connectivity index (χ3v) is 6.72. The molecule has 0 spiro atoms. The van der Waals surface area contributed by atoms with Crippen molar-refractivity contribution in [3.05, 3.63) is 42.1 Å². The van der Waals surface area contributed by atoms with E-state index in [9.17, 15) is 17.6 Å². The Hall–Kier alpha value is -2.26. The number of halogens is 1. The molecule has 0 bridgehead atoms. The van der Waals surface area contributed by atoms with Gasteiger partial charge in [-0.2, -0.15) is 4.31 Å². The molecule has 28 heavy (non-hydrogen) atoms. The SMILES string of the molecule is Cc1ccc(NC(=O)C2CCCN(S(=O)(=O)c3cn(C(C)C)cn3)C2)cc1F. The molecule has 0 radical (unpaired) electrons. The fraction of sp³-hybridized carbons (Fsp3) is 0.474. The van der Waals surface area contributed by atoms with E-state index in [2.05, 4.69) is 10.3 Å². The second-order valence-corrected chi connectivity index (χ2v) is 9.29. The number of imidazole rings is 1. The molecule has 0 saturated carbocycles. The van der Waals surface area contributed by atoms with Crippen LogP contribution in [0.2, 0.25) is 0 Å². The number of carbonyl (C=O) groups is 1. The van der Waals surface area contributed by atoms with Crippen LogP contribution in [0.25, 0.3) is 0 Å². The highest BCUT2D eigenvalue weighted by molar-refractivity contribution is 7.89. The number of rotatable bonds is 5. The minimum Gasteiger partial charge on any atom is -0.334 e. The molecule has 1 amide bonds. The van der Waals surface area contributed by atoms with E-state index < -0.39 is 21.8 Å². The van der Waals surface area contributed by atoms with Gasteiger partial charge in [0.1, 0.15) is 5.82 Å². The van der Waals surface area contributed by atoms with Crippen molar-refractivity contribution < 1.29 is 17.6 Å². The molecule has 1 atom stereocenters. The molecule has 2 aromatic rings. The van der Waals surface area contributed by atoms with Gasteiger partial charge in [-0.15, -0.1) is 0 Å². The molecule has 1 unspecified atom stereocenters. The van der Waals surface area contributed by atoms with E-state index in [-0.39, 0.29) is 23.5 Å². The number of hydrogen-bond donors (Lipinski definition) is 1. The van der Waals surface area contributed by atoms with Crippen LogP contribution in [0.4, 0.5) is 10.1 Å². The first-order valence-electron chi connectivity index (χ1n) is 9.29. The molecule has 152 valence electrons. The van der Waals surface area contributed by atoms with Crippen LogP contribution < -0.4 is 5.32 Å². The highest BCUT2D eigenvalue weighted by atomic mass is 32.2. The summed E-state index contributed by atoms with van der Waals surface area (Å²) in [5.41, 5.74) is 0.859. The molecular weight excluding hydrogens is 383 g/mol. The Kier molecular flexibility index (Phi) is 5.85. The average Bonchev–Trinajstić information content (AvgIpc) is 3.16. The van der Waals surface area contributed by atoms with Crippen LogP contribution in [0.1, 0.15) is 38.3 Å². The molecule has 1 aliphatic heterocycles. The maximum Gasteiger partial charge on any atom is 0.262 e.